The average molecular weight is 815 g/mol. The van der Waals surface area contributed by atoms with Gasteiger partial charge < -0.3 is 9.80 Å². The molecule has 0 aliphatic carbocycles. The van der Waals surface area contributed by atoms with Crippen LogP contribution in [0.3, 0.4) is 0 Å². The Bertz CT molecular complexity index is 2190. The normalized spacial score (nSPS) is 11.3. The van der Waals surface area contributed by atoms with Crippen LogP contribution >= 0.6 is 45.2 Å². The molecule has 0 fully saturated rings. The topological polar surface area (TPSA) is 6.48 Å². The molecule has 0 spiro atoms. The van der Waals surface area contributed by atoms with Gasteiger partial charge in [-0.15, -0.1) is 0 Å². The Labute approximate surface area is 296 Å². The predicted octanol–water partition coefficient (Wildman–Crippen LogP) is 13.3. The van der Waals surface area contributed by atoms with Crippen LogP contribution in [0, 0.1) is 7.14 Å². The van der Waals surface area contributed by atoms with Crippen molar-refractivity contribution in [2.45, 2.75) is 0 Å². The minimum Gasteiger partial charge on any atom is -0.308 e. The smallest absolute Gasteiger partial charge is 0.0673 e. The molecule has 0 saturated carbocycles. The first kappa shape index (κ1) is 29.0. The standard InChI is InChI=1S/C42H28I2N2/c43-37-27-25-29-13-7-9-19-33(29)41(37)45(31-15-3-1-4-16-31)39-23-11-22-36-35(39)21-12-24-40(36)46(32-17-5-2-6-18-32)42-34-20-10-8-14-30(34)26-28-38(42)44/h1-28H. The average Bonchev–Trinajstić information content (AvgIpc) is 3.11. The van der Waals surface area contributed by atoms with E-state index >= 15 is 0 Å². The fraction of sp³-hybridized carbons (Fsp3) is 0. The summed E-state index contributed by atoms with van der Waals surface area (Å²) >= 11 is 4.99. The van der Waals surface area contributed by atoms with Crippen LogP contribution in [0.4, 0.5) is 34.1 Å². The third-order valence-corrected chi connectivity index (χ3v) is 10.3. The zero-order valence-corrected chi connectivity index (χ0v) is 29.1. The number of hydrogen-bond donors (Lipinski definition) is 0. The molecule has 0 aliphatic heterocycles. The number of fused-ring (bicyclic) bond motifs is 3. The zero-order chi connectivity index (χ0) is 31.0. The minimum absolute atomic E-state index is 1.12. The van der Waals surface area contributed by atoms with Gasteiger partial charge in [0.15, 0.2) is 0 Å². The first-order chi connectivity index (χ1) is 22.7. The lowest BCUT2D eigenvalue weighted by atomic mass is 10.0. The van der Waals surface area contributed by atoms with Crippen LogP contribution < -0.4 is 9.80 Å². The quantitative estimate of drug-likeness (QED) is 0.154. The van der Waals surface area contributed by atoms with Gasteiger partial charge in [-0.3, -0.25) is 0 Å². The fourth-order valence-electron chi connectivity index (χ4n) is 6.51. The molecule has 0 aromatic heterocycles. The molecular weight excluding hydrogens is 786 g/mol. The van der Waals surface area contributed by atoms with E-state index in [4.69, 9.17) is 0 Å². The fourth-order valence-corrected chi connectivity index (χ4v) is 7.93. The van der Waals surface area contributed by atoms with Gasteiger partial charge in [-0.25, -0.2) is 0 Å². The predicted molar refractivity (Wildman–Crippen MR) is 214 cm³/mol. The summed E-state index contributed by atoms with van der Waals surface area (Å²) in [7, 11) is 0. The number of benzene rings is 8. The van der Waals surface area contributed by atoms with Crippen molar-refractivity contribution in [3.8, 4) is 0 Å². The van der Waals surface area contributed by atoms with Gasteiger partial charge in [0.1, 0.15) is 0 Å². The molecule has 0 saturated heterocycles. The Hall–Kier alpha value is -4.40. The number of rotatable bonds is 6. The number of para-hydroxylation sites is 2. The second kappa shape index (κ2) is 12.4. The van der Waals surface area contributed by atoms with Gasteiger partial charge in [-0.1, -0.05) is 121 Å². The summed E-state index contributed by atoms with van der Waals surface area (Å²) in [6, 6.07) is 61.2. The third-order valence-electron chi connectivity index (χ3n) is 8.54. The second-order valence-electron chi connectivity index (χ2n) is 11.2. The van der Waals surface area contributed by atoms with Gasteiger partial charge in [0.25, 0.3) is 0 Å². The molecule has 2 nitrogen and oxygen atoms in total. The Morgan fingerprint density at radius 3 is 1.11 bits per heavy atom. The van der Waals surface area contributed by atoms with E-state index in [1.54, 1.807) is 0 Å². The lowest BCUT2D eigenvalue weighted by molar-refractivity contribution is 1.29. The van der Waals surface area contributed by atoms with Crippen molar-refractivity contribution in [2.75, 3.05) is 9.80 Å². The maximum atomic E-state index is 2.49. The van der Waals surface area contributed by atoms with Crippen LogP contribution in [0.1, 0.15) is 0 Å². The van der Waals surface area contributed by atoms with E-state index in [2.05, 4.69) is 225 Å². The number of halogens is 2. The Morgan fingerprint density at radius 2 is 0.674 bits per heavy atom. The van der Waals surface area contributed by atoms with Crippen LogP contribution in [0.25, 0.3) is 32.3 Å². The second-order valence-corrected chi connectivity index (χ2v) is 13.5. The van der Waals surface area contributed by atoms with Crippen LogP contribution in [-0.2, 0) is 0 Å². The summed E-state index contributed by atoms with van der Waals surface area (Å²) in [6.45, 7) is 0. The van der Waals surface area contributed by atoms with E-state index in [1.165, 1.54) is 50.8 Å². The molecule has 8 rings (SSSR count). The largest absolute Gasteiger partial charge is 0.308 e. The molecule has 220 valence electrons. The molecule has 0 amide bonds. The Balaban J connectivity index is 1.43. The van der Waals surface area contributed by atoms with Crippen molar-refractivity contribution in [3.05, 3.63) is 177 Å². The van der Waals surface area contributed by atoms with Crippen LogP contribution in [0.5, 0.6) is 0 Å². The molecule has 8 aromatic rings. The van der Waals surface area contributed by atoms with E-state index in [1.807, 2.05) is 0 Å². The minimum atomic E-state index is 1.12. The molecular formula is C42H28I2N2. The van der Waals surface area contributed by atoms with Crippen molar-refractivity contribution >= 4 is 112 Å². The van der Waals surface area contributed by atoms with Crippen LogP contribution in [0.15, 0.2) is 170 Å². The summed E-state index contributed by atoms with van der Waals surface area (Å²) in [6.07, 6.45) is 0. The van der Waals surface area contributed by atoms with Gasteiger partial charge in [0, 0.05) is 40.1 Å². The molecule has 4 heteroatoms. The van der Waals surface area contributed by atoms with E-state index < -0.39 is 0 Å². The van der Waals surface area contributed by atoms with Gasteiger partial charge in [0.2, 0.25) is 0 Å². The van der Waals surface area contributed by atoms with Gasteiger partial charge in [0.05, 0.1) is 22.7 Å². The van der Waals surface area contributed by atoms with Crippen LogP contribution in [0.2, 0.25) is 0 Å². The summed E-state index contributed by atoms with van der Waals surface area (Å²) in [4.78, 5) is 4.87. The Kier molecular flexibility index (Phi) is 7.84. The van der Waals surface area contributed by atoms with Gasteiger partial charge >= 0.3 is 0 Å². The molecule has 0 unspecified atom stereocenters. The molecule has 0 N–H and O–H groups in total. The monoisotopic (exact) mass is 814 g/mol. The van der Waals surface area contributed by atoms with Crippen LogP contribution in [-0.4, -0.2) is 0 Å². The third kappa shape index (κ3) is 5.10. The van der Waals surface area contributed by atoms with Crippen molar-refractivity contribution in [2.24, 2.45) is 0 Å². The molecule has 0 radical (unpaired) electrons. The highest BCUT2D eigenvalue weighted by molar-refractivity contribution is 14.1. The molecule has 0 atom stereocenters. The first-order valence-electron chi connectivity index (χ1n) is 15.3. The lowest BCUT2D eigenvalue weighted by Gasteiger charge is -2.31. The number of nitrogens with zero attached hydrogens (tertiary/aromatic N) is 2. The van der Waals surface area contributed by atoms with E-state index in [0.29, 0.717) is 0 Å². The highest BCUT2D eigenvalue weighted by Crippen LogP contribution is 2.48. The van der Waals surface area contributed by atoms with E-state index in [0.717, 1.165) is 22.7 Å². The van der Waals surface area contributed by atoms with Crippen molar-refractivity contribution in [1.29, 1.82) is 0 Å². The maximum Gasteiger partial charge on any atom is 0.0673 e. The molecule has 0 bridgehead atoms. The summed E-state index contributed by atoms with van der Waals surface area (Å²) in [5.74, 6) is 0. The molecule has 0 heterocycles. The highest BCUT2D eigenvalue weighted by atomic mass is 127. The summed E-state index contributed by atoms with van der Waals surface area (Å²) in [5.41, 5.74) is 6.90. The molecule has 8 aromatic carbocycles. The van der Waals surface area contributed by atoms with Gasteiger partial charge in [-0.05, 0) is 104 Å². The maximum absolute atomic E-state index is 2.49. The number of hydrogen-bond acceptors (Lipinski definition) is 2. The highest BCUT2D eigenvalue weighted by Gasteiger charge is 2.24. The zero-order valence-electron chi connectivity index (χ0n) is 24.8. The van der Waals surface area contributed by atoms with E-state index in [-0.39, 0.29) is 0 Å². The van der Waals surface area contributed by atoms with Crippen molar-refractivity contribution < 1.29 is 0 Å². The summed E-state index contributed by atoms with van der Waals surface area (Å²) in [5, 5.41) is 7.26. The first-order valence-corrected chi connectivity index (χ1v) is 17.4. The lowest BCUT2D eigenvalue weighted by Crippen LogP contribution is -2.14. The summed E-state index contributed by atoms with van der Waals surface area (Å²) < 4.78 is 2.40. The van der Waals surface area contributed by atoms with E-state index in [9.17, 15) is 0 Å². The molecule has 0 aliphatic rings. The van der Waals surface area contributed by atoms with Gasteiger partial charge in [-0.2, -0.15) is 0 Å². The number of anilines is 6. The SMILES string of the molecule is Ic1ccc2ccccc2c1N(c1ccccc1)c1cccc2c(N(c3ccccc3)c3c(I)ccc4ccccc34)cccc12. The Morgan fingerprint density at radius 1 is 0.304 bits per heavy atom. The van der Waals surface area contributed by atoms with Crippen molar-refractivity contribution in [3.63, 3.8) is 0 Å². The molecule has 46 heavy (non-hydrogen) atoms. The van der Waals surface area contributed by atoms with Crippen molar-refractivity contribution in [1.82, 2.24) is 0 Å².